The third kappa shape index (κ3) is 3.94. The number of nitrogens with zero attached hydrogens (tertiary/aromatic N) is 2. The number of imidazole rings is 1. The SMILES string of the molecule is CB(O)N1C[Si](C)(C)C[C@H]1c1ncc(-c2ccc(B3OC(C)(C)C(C)(C)O3)cc2)[nH]1. The Labute approximate surface area is 181 Å². The van der Waals surface area contributed by atoms with Gasteiger partial charge in [0.2, 0.25) is 0 Å². The number of aromatic nitrogens is 2. The van der Waals surface area contributed by atoms with Crippen molar-refractivity contribution in [1.29, 1.82) is 0 Å². The molecule has 0 spiro atoms. The lowest BCUT2D eigenvalue weighted by Gasteiger charge is -2.32. The van der Waals surface area contributed by atoms with Crippen LogP contribution in [-0.4, -0.2) is 59.4 Å². The molecule has 9 heteroatoms. The summed E-state index contributed by atoms with van der Waals surface area (Å²) in [5.41, 5.74) is 2.39. The molecule has 0 radical (unpaired) electrons. The van der Waals surface area contributed by atoms with Crippen LogP contribution in [0.15, 0.2) is 30.5 Å². The Hall–Kier alpha value is -1.38. The van der Waals surface area contributed by atoms with E-state index >= 15 is 0 Å². The van der Waals surface area contributed by atoms with Gasteiger partial charge in [0.25, 0.3) is 0 Å². The van der Waals surface area contributed by atoms with Gasteiger partial charge in [-0.3, -0.25) is 0 Å². The third-order valence-electron chi connectivity index (χ3n) is 6.90. The van der Waals surface area contributed by atoms with Crippen LogP contribution in [-0.2, 0) is 9.31 Å². The quantitative estimate of drug-likeness (QED) is 0.737. The van der Waals surface area contributed by atoms with Gasteiger partial charge in [-0.2, -0.15) is 0 Å². The Morgan fingerprint density at radius 1 is 1.17 bits per heavy atom. The summed E-state index contributed by atoms with van der Waals surface area (Å²) >= 11 is 0. The zero-order valence-electron chi connectivity index (χ0n) is 19.2. The molecule has 0 amide bonds. The third-order valence-corrected chi connectivity index (χ3v) is 9.61. The van der Waals surface area contributed by atoms with Gasteiger partial charge < -0.3 is 24.1 Å². The predicted molar refractivity (Wildman–Crippen MR) is 125 cm³/mol. The summed E-state index contributed by atoms with van der Waals surface area (Å²) in [7, 11) is -2.17. The van der Waals surface area contributed by atoms with Crippen LogP contribution in [0.3, 0.4) is 0 Å². The monoisotopic (exact) mass is 425 g/mol. The highest BCUT2D eigenvalue weighted by Gasteiger charge is 2.51. The van der Waals surface area contributed by atoms with E-state index in [0.717, 1.165) is 34.8 Å². The van der Waals surface area contributed by atoms with E-state index in [1.807, 2.05) is 13.0 Å². The van der Waals surface area contributed by atoms with Crippen LogP contribution in [0.1, 0.15) is 39.6 Å². The Bertz CT molecular complexity index is 898. The van der Waals surface area contributed by atoms with E-state index in [1.165, 1.54) is 0 Å². The molecular weight excluding hydrogens is 392 g/mol. The van der Waals surface area contributed by atoms with Gasteiger partial charge in [0.1, 0.15) is 5.82 Å². The van der Waals surface area contributed by atoms with E-state index in [2.05, 4.69) is 79.8 Å². The molecule has 1 aromatic carbocycles. The first-order valence-electron chi connectivity index (χ1n) is 10.8. The maximum Gasteiger partial charge on any atom is 0.494 e. The standard InChI is InChI=1S/C21H33B2N3O3Si/c1-20(2)21(3,4)29-23(28-20)16-10-8-15(9-11-16)17-12-24-19(25-17)18-13-30(6,7)14-26(18)22(5)27/h8-12,18,27H,13-14H2,1-7H3,(H,24,25)/t18-/m0/s1. The number of nitrogens with one attached hydrogen (secondary N) is 1. The van der Waals surface area contributed by atoms with E-state index < -0.39 is 15.1 Å². The van der Waals surface area contributed by atoms with Crippen molar-refractivity contribution in [2.75, 3.05) is 6.17 Å². The fourth-order valence-corrected chi connectivity index (χ4v) is 7.48. The Morgan fingerprint density at radius 3 is 2.33 bits per heavy atom. The number of benzene rings is 1. The molecular formula is C21H33B2N3O3Si. The molecule has 2 aromatic rings. The highest BCUT2D eigenvalue weighted by atomic mass is 28.3. The number of rotatable bonds is 4. The Balaban J connectivity index is 1.52. The topological polar surface area (TPSA) is 70.6 Å². The molecule has 0 bridgehead atoms. The van der Waals surface area contributed by atoms with Gasteiger partial charge in [-0.1, -0.05) is 37.4 Å². The van der Waals surface area contributed by atoms with Crippen molar-refractivity contribution in [3.05, 3.63) is 36.3 Å². The van der Waals surface area contributed by atoms with Crippen molar-refractivity contribution in [3.63, 3.8) is 0 Å². The van der Waals surface area contributed by atoms with E-state index in [1.54, 1.807) is 0 Å². The Kier molecular flexibility index (Phi) is 5.34. The first-order valence-corrected chi connectivity index (χ1v) is 14.2. The van der Waals surface area contributed by atoms with Crippen LogP contribution in [0.25, 0.3) is 11.3 Å². The molecule has 30 heavy (non-hydrogen) atoms. The van der Waals surface area contributed by atoms with Gasteiger partial charge in [0.15, 0.2) is 0 Å². The normalized spacial score (nSPS) is 25.1. The predicted octanol–water partition coefficient (Wildman–Crippen LogP) is 3.09. The maximum absolute atomic E-state index is 10.2. The van der Waals surface area contributed by atoms with Gasteiger partial charge in [-0.05, 0) is 57.8 Å². The average Bonchev–Trinajstić information content (AvgIpc) is 3.30. The van der Waals surface area contributed by atoms with Gasteiger partial charge >= 0.3 is 14.2 Å². The molecule has 0 saturated carbocycles. The van der Waals surface area contributed by atoms with Crippen molar-refractivity contribution in [1.82, 2.24) is 14.8 Å². The van der Waals surface area contributed by atoms with Crippen LogP contribution in [0, 0.1) is 0 Å². The molecule has 2 aliphatic heterocycles. The van der Waals surface area contributed by atoms with Gasteiger partial charge in [-0.25, -0.2) is 4.98 Å². The summed E-state index contributed by atoms with van der Waals surface area (Å²) in [4.78, 5) is 10.4. The highest BCUT2D eigenvalue weighted by Crippen LogP contribution is 2.38. The first-order chi connectivity index (χ1) is 13.9. The van der Waals surface area contributed by atoms with E-state index in [0.29, 0.717) is 0 Å². The Morgan fingerprint density at radius 2 is 1.77 bits per heavy atom. The number of hydrogen-bond donors (Lipinski definition) is 2. The summed E-state index contributed by atoms with van der Waals surface area (Å²) < 4.78 is 12.3. The zero-order chi connectivity index (χ0) is 21.9. The molecule has 4 rings (SSSR count). The summed E-state index contributed by atoms with van der Waals surface area (Å²) in [5.74, 6) is 0.944. The van der Waals surface area contributed by atoms with Crippen LogP contribution in [0.5, 0.6) is 0 Å². The minimum absolute atomic E-state index is 0.157. The summed E-state index contributed by atoms with van der Waals surface area (Å²) in [6, 6.07) is 9.54. The van der Waals surface area contributed by atoms with Crippen molar-refractivity contribution in [2.24, 2.45) is 0 Å². The van der Waals surface area contributed by atoms with Gasteiger partial charge in [0.05, 0.1) is 37.2 Å². The van der Waals surface area contributed by atoms with Crippen LogP contribution >= 0.6 is 0 Å². The second kappa shape index (κ2) is 7.34. The largest absolute Gasteiger partial charge is 0.494 e. The molecule has 2 aliphatic rings. The lowest BCUT2D eigenvalue weighted by Crippen LogP contribution is -2.41. The molecule has 2 N–H and O–H groups in total. The lowest BCUT2D eigenvalue weighted by atomic mass is 9.79. The summed E-state index contributed by atoms with van der Waals surface area (Å²) in [5, 5.41) is 10.2. The fourth-order valence-electron chi connectivity index (χ4n) is 4.41. The summed E-state index contributed by atoms with van der Waals surface area (Å²) in [6.07, 6.45) is 2.89. The second-order valence-corrected chi connectivity index (χ2v) is 15.6. The number of H-pyrrole nitrogens is 1. The van der Waals surface area contributed by atoms with Crippen molar-refractivity contribution < 1.29 is 14.3 Å². The highest BCUT2D eigenvalue weighted by molar-refractivity contribution is 6.79. The van der Waals surface area contributed by atoms with E-state index in [9.17, 15) is 5.02 Å². The van der Waals surface area contributed by atoms with Crippen molar-refractivity contribution in [3.8, 4) is 11.3 Å². The van der Waals surface area contributed by atoms with Gasteiger partial charge in [-0.15, -0.1) is 0 Å². The lowest BCUT2D eigenvalue weighted by molar-refractivity contribution is 0.00578. The number of aromatic amines is 1. The van der Waals surface area contributed by atoms with E-state index in [4.69, 9.17) is 9.31 Å². The smallest absolute Gasteiger partial charge is 0.437 e. The van der Waals surface area contributed by atoms with Crippen molar-refractivity contribution in [2.45, 2.75) is 70.9 Å². The molecule has 3 heterocycles. The molecule has 160 valence electrons. The molecule has 0 unspecified atom stereocenters. The molecule has 0 aliphatic carbocycles. The average molecular weight is 425 g/mol. The molecule has 2 saturated heterocycles. The molecule has 1 atom stereocenters. The van der Waals surface area contributed by atoms with E-state index in [-0.39, 0.29) is 24.4 Å². The van der Waals surface area contributed by atoms with Crippen LogP contribution in [0.2, 0.25) is 26.0 Å². The molecule has 2 fully saturated rings. The second-order valence-electron chi connectivity index (χ2n) is 10.6. The fraction of sp³-hybridized carbons (Fsp3) is 0.571. The minimum Gasteiger partial charge on any atom is -0.437 e. The van der Waals surface area contributed by atoms with Gasteiger partial charge in [0, 0.05) is 0 Å². The summed E-state index contributed by atoms with van der Waals surface area (Å²) in [6.45, 7) is 14.9. The molecule has 1 aromatic heterocycles. The molecule has 6 nitrogen and oxygen atoms in total. The minimum atomic E-state index is -1.35. The first kappa shape index (κ1) is 21.8. The van der Waals surface area contributed by atoms with Crippen LogP contribution in [0.4, 0.5) is 0 Å². The maximum atomic E-state index is 10.2. The zero-order valence-corrected chi connectivity index (χ0v) is 20.2. The van der Waals surface area contributed by atoms with Crippen LogP contribution < -0.4 is 5.46 Å². The van der Waals surface area contributed by atoms with Crippen molar-refractivity contribution >= 4 is 27.7 Å². The number of hydrogen-bond acceptors (Lipinski definition) is 5.